The molecule has 2 aromatic carbocycles. The normalized spacial score (nSPS) is 14.9. The molecule has 1 fully saturated rings. The van der Waals surface area contributed by atoms with Crippen molar-refractivity contribution in [3.8, 4) is 11.1 Å². The molecule has 1 atom stereocenters. The van der Waals surface area contributed by atoms with Crippen LogP contribution in [0.2, 0.25) is 0 Å². The van der Waals surface area contributed by atoms with Crippen LogP contribution in [0.1, 0.15) is 22.3 Å². The lowest BCUT2D eigenvalue weighted by molar-refractivity contribution is -0.139. The fourth-order valence-corrected chi connectivity index (χ4v) is 3.70. The summed E-state index contributed by atoms with van der Waals surface area (Å²) in [5, 5.41) is 8.21. The first kappa shape index (κ1) is 24.0. The van der Waals surface area contributed by atoms with E-state index in [1.165, 1.54) is 12.3 Å². The average molecular weight is 477 g/mol. The second-order valence-electron chi connectivity index (χ2n) is 7.90. The van der Waals surface area contributed by atoms with Gasteiger partial charge < -0.3 is 21.1 Å². The lowest BCUT2D eigenvalue weighted by Gasteiger charge is -2.13. The molecule has 1 aliphatic rings. The van der Waals surface area contributed by atoms with Gasteiger partial charge in [0.2, 0.25) is 5.91 Å². The number of nitrogens with zero attached hydrogens (tertiary/aromatic N) is 1. The number of hydrogen-bond acceptors (Lipinski definition) is 7. The molecule has 180 valence electrons. The number of hydrogen-bond donors (Lipinski definition) is 4. The maximum absolute atomic E-state index is 13.9. The minimum Gasteiger partial charge on any atom is -0.464 e. The first-order chi connectivity index (χ1) is 16.9. The van der Waals surface area contributed by atoms with E-state index in [0.717, 1.165) is 17.3 Å². The first-order valence-electron chi connectivity index (χ1n) is 11.0. The molecule has 9 nitrogen and oxygen atoms in total. The van der Waals surface area contributed by atoms with Crippen molar-refractivity contribution in [3.05, 3.63) is 77.9 Å². The van der Waals surface area contributed by atoms with Gasteiger partial charge in [0.15, 0.2) is 5.82 Å². The number of rotatable bonds is 8. The maximum atomic E-state index is 13.9. The van der Waals surface area contributed by atoms with Gasteiger partial charge in [-0.2, -0.15) is 0 Å². The molecule has 5 N–H and O–H groups in total. The molecule has 10 heteroatoms. The quantitative estimate of drug-likeness (QED) is 0.366. The summed E-state index contributed by atoms with van der Waals surface area (Å²) in [5.74, 6) is -1.79. The summed E-state index contributed by atoms with van der Waals surface area (Å²) >= 11 is 0. The van der Waals surface area contributed by atoms with Crippen LogP contribution in [0, 0.1) is 5.82 Å². The Morgan fingerprint density at radius 2 is 2.00 bits per heavy atom. The number of amides is 2. The van der Waals surface area contributed by atoms with E-state index in [9.17, 15) is 18.8 Å². The monoisotopic (exact) mass is 477 g/mol. The zero-order valence-corrected chi connectivity index (χ0v) is 18.7. The molecule has 3 aromatic rings. The van der Waals surface area contributed by atoms with Gasteiger partial charge in [-0.25, -0.2) is 4.39 Å². The minimum atomic E-state index is -0.637. The Hall–Kier alpha value is -4.15. The number of ether oxygens (including phenoxy) is 1. The number of esters is 1. The summed E-state index contributed by atoms with van der Waals surface area (Å²) in [6, 6.07) is 13.0. The second-order valence-corrected chi connectivity index (χ2v) is 7.90. The summed E-state index contributed by atoms with van der Waals surface area (Å²) < 4.78 is 18.8. The number of carbonyl (C=O) groups excluding carboxylic acids is 3. The molecular formula is C25H24FN5O4. The number of nitrogens with two attached hydrogens (primary N) is 1. The topological polar surface area (TPSA) is 135 Å². The number of pyridine rings is 1. The number of aromatic nitrogens is 1. The van der Waals surface area contributed by atoms with Crippen LogP contribution in [0.15, 0.2) is 60.9 Å². The van der Waals surface area contributed by atoms with Crippen LogP contribution in [-0.4, -0.2) is 42.0 Å². The standard InChI is InChI=1S/C25H24FN5O4/c26-20-13-28-8-6-21(20)31-24(33)16-4-5-17(12-27)19(11-16)15-2-1-3-18(10-15)30-23(32)14-29-22-7-9-35-25(22)34/h1-6,8,10-11,13,22,29H,7,9,12,14,27H2,(H,30,32)(H,28,31,33). The maximum Gasteiger partial charge on any atom is 0.323 e. The van der Waals surface area contributed by atoms with Gasteiger partial charge >= 0.3 is 5.97 Å². The Labute approximate surface area is 200 Å². The molecule has 0 bridgehead atoms. The Morgan fingerprint density at radius 1 is 1.14 bits per heavy atom. The lowest BCUT2D eigenvalue weighted by Crippen LogP contribution is -2.38. The lowest BCUT2D eigenvalue weighted by atomic mass is 9.96. The van der Waals surface area contributed by atoms with E-state index in [4.69, 9.17) is 10.5 Å². The highest BCUT2D eigenvalue weighted by Crippen LogP contribution is 2.28. The minimum absolute atomic E-state index is 0.0265. The van der Waals surface area contributed by atoms with Crippen LogP contribution >= 0.6 is 0 Å². The molecule has 0 radical (unpaired) electrons. The van der Waals surface area contributed by atoms with Crippen LogP contribution in [0.3, 0.4) is 0 Å². The SMILES string of the molecule is NCc1ccc(C(=O)Nc2ccncc2F)cc1-c1cccc(NC(=O)CNC2CCOC2=O)c1. The molecule has 0 saturated carbocycles. The molecule has 1 aromatic heterocycles. The summed E-state index contributed by atoms with van der Waals surface area (Å²) in [6.45, 7) is 0.533. The van der Waals surface area contributed by atoms with Gasteiger partial charge in [0.1, 0.15) is 6.04 Å². The van der Waals surface area contributed by atoms with Gasteiger partial charge in [0, 0.05) is 30.4 Å². The smallest absolute Gasteiger partial charge is 0.323 e. The predicted molar refractivity (Wildman–Crippen MR) is 128 cm³/mol. The van der Waals surface area contributed by atoms with E-state index in [1.54, 1.807) is 36.4 Å². The van der Waals surface area contributed by atoms with Crippen molar-refractivity contribution >= 4 is 29.2 Å². The summed E-state index contributed by atoms with van der Waals surface area (Å²) in [5.41, 5.74) is 9.03. The van der Waals surface area contributed by atoms with Gasteiger partial charge in [-0.3, -0.25) is 24.7 Å². The van der Waals surface area contributed by atoms with Crippen molar-refractivity contribution in [2.24, 2.45) is 5.73 Å². The number of nitrogens with one attached hydrogen (secondary N) is 3. The first-order valence-corrected chi connectivity index (χ1v) is 11.0. The van der Waals surface area contributed by atoms with Crippen LogP contribution < -0.4 is 21.7 Å². The molecule has 1 aliphatic heterocycles. The molecule has 35 heavy (non-hydrogen) atoms. The highest BCUT2D eigenvalue weighted by molar-refractivity contribution is 6.05. The van der Waals surface area contributed by atoms with E-state index in [2.05, 4.69) is 20.9 Å². The largest absolute Gasteiger partial charge is 0.464 e. The van der Waals surface area contributed by atoms with Crippen molar-refractivity contribution in [2.75, 3.05) is 23.8 Å². The fourth-order valence-electron chi connectivity index (χ4n) is 3.70. The third-order valence-electron chi connectivity index (χ3n) is 5.51. The van der Waals surface area contributed by atoms with Crippen molar-refractivity contribution < 1.29 is 23.5 Å². The van der Waals surface area contributed by atoms with E-state index >= 15 is 0 Å². The van der Waals surface area contributed by atoms with Crippen molar-refractivity contribution in [2.45, 2.75) is 19.0 Å². The number of cyclic esters (lactones) is 1. The number of halogens is 1. The van der Waals surface area contributed by atoms with E-state index in [1.807, 2.05) is 6.07 Å². The molecule has 4 rings (SSSR count). The zero-order chi connectivity index (χ0) is 24.8. The Balaban J connectivity index is 1.50. The predicted octanol–water partition coefficient (Wildman–Crippen LogP) is 2.44. The van der Waals surface area contributed by atoms with E-state index in [0.29, 0.717) is 29.8 Å². The molecular weight excluding hydrogens is 453 g/mol. The molecule has 0 aliphatic carbocycles. The van der Waals surface area contributed by atoms with Crippen LogP contribution in [-0.2, 0) is 20.9 Å². The summed E-state index contributed by atoms with van der Waals surface area (Å²) in [6.07, 6.45) is 2.94. The van der Waals surface area contributed by atoms with Gasteiger partial charge in [-0.15, -0.1) is 0 Å². The van der Waals surface area contributed by atoms with Crippen LogP contribution in [0.5, 0.6) is 0 Å². The summed E-state index contributed by atoms with van der Waals surface area (Å²) in [7, 11) is 0. The average Bonchev–Trinajstić information content (AvgIpc) is 3.28. The molecule has 1 unspecified atom stereocenters. The van der Waals surface area contributed by atoms with Gasteiger partial charge in [0.25, 0.3) is 5.91 Å². The Kier molecular flexibility index (Phi) is 7.44. The Bertz CT molecular complexity index is 1270. The zero-order valence-electron chi connectivity index (χ0n) is 18.7. The van der Waals surface area contributed by atoms with Gasteiger partial charge in [0.05, 0.1) is 25.0 Å². The van der Waals surface area contributed by atoms with Crippen LogP contribution in [0.25, 0.3) is 11.1 Å². The fraction of sp³-hybridized carbons (Fsp3) is 0.200. The van der Waals surface area contributed by atoms with Crippen LogP contribution in [0.4, 0.5) is 15.8 Å². The third kappa shape index (κ3) is 5.86. The Morgan fingerprint density at radius 3 is 2.74 bits per heavy atom. The van der Waals surface area contributed by atoms with Crippen molar-refractivity contribution in [1.29, 1.82) is 0 Å². The van der Waals surface area contributed by atoms with E-state index in [-0.39, 0.29) is 30.7 Å². The third-order valence-corrected chi connectivity index (χ3v) is 5.51. The number of carbonyl (C=O) groups is 3. The number of benzene rings is 2. The molecule has 2 amide bonds. The summed E-state index contributed by atoms with van der Waals surface area (Å²) in [4.78, 5) is 40.3. The molecule has 1 saturated heterocycles. The van der Waals surface area contributed by atoms with Crippen molar-refractivity contribution in [3.63, 3.8) is 0 Å². The number of anilines is 2. The molecule has 2 heterocycles. The second kappa shape index (κ2) is 10.9. The van der Waals surface area contributed by atoms with Gasteiger partial charge in [-0.05, 0) is 47.0 Å². The van der Waals surface area contributed by atoms with Gasteiger partial charge in [-0.1, -0.05) is 18.2 Å². The van der Waals surface area contributed by atoms with Crippen molar-refractivity contribution in [1.82, 2.24) is 10.3 Å². The highest BCUT2D eigenvalue weighted by atomic mass is 19.1. The van der Waals surface area contributed by atoms with E-state index < -0.39 is 17.8 Å². The molecule has 0 spiro atoms. The highest BCUT2D eigenvalue weighted by Gasteiger charge is 2.26.